The van der Waals surface area contributed by atoms with Crippen molar-refractivity contribution in [2.45, 2.75) is 65.1 Å². The zero-order chi connectivity index (χ0) is 11.3. The van der Waals surface area contributed by atoms with Crippen molar-refractivity contribution < 1.29 is 4.74 Å². The molecular formula is C13H25NO. The van der Waals surface area contributed by atoms with Crippen LogP contribution in [0.1, 0.15) is 47.5 Å². The van der Waals surface area contributed by atoms with Crippen LogP contribution in [0.25, 0.3) is 0 Å². The lowest BCUT2D eigenvalue weighted by Gasteiger charge is -2.52. The number of fused-ring (bicyclic) bond motifs is 2. The van der Waals surface area contributed by atoms with E-state index in [1.165, 1.54) is 12.8 Å². The van der Waals surface area contributed by atoms with Crippen LogP contribution in [0.3, 0.4) is 0 Å². The van der Waals surface area contributed by atoms with Gasteiger partial charge in [-0.2, -0.15) is 0 Å². The van der Waals surface area contributed by atoms with Crippen LogP contribution in [0.4, 0.5) is 0 Å². The maximum absolute atomic E-state index is 5.65. The Bertz CT molecular complexity index is 225. The minimum atomic E-state index is 0.266. The summed E-state index contributed by atoms with van der Waals surface area (Å²) in [5.41, 5.74) is 0.591. The number of rotatable bonds is 1. The van der Waals surface area contributed by atoms with E-state index in [0.29, 0.717) is 17.5 Å². The van der Waals surface area contributed by atoms with Crippen molar-refractivity contribution in [1.82, 2.24) is 4.90 Å². The van der Waals surface area contributed by atoms with Crippen LogP contribution in [-0.2, 0) is 4.74 Å². The predicted molar refractivity (Wildman–Crippen MR) is 63.0 cm³/mol. The lowest BCUT2D eigenvalue weighted by Crippen LogP contribution is -2.61. The number of nitrogens with zero attached hydrogens (tertiary/aromatic N) is 1. The maximum Gasteiger partial charge on any atom is 0.0622 e. The van der Waals surface area contributed by atoms with Crippen molar-refractivity contribution in [3.8, 4) is 0 Å². The summed E-state index contributed by atoms with van der Waals surface area (Å²) in [6.07, 6.45) is 2.65. The molecule has 0 aliphatic carbocycles. The third-order valence-electron chi connectivity index (χ3n) is 4.72. The summed E-state index contributed by atoms with van der Waals surface area (Å²) in [5, 5.41) is 0. The standard InChI is InChI=1S/C13H25NO/c1-12(2,3)13(4,5)14-10-6-7-11(14)9-15-8-10/h10-11H,6-9H2,1-5H3/t10-,11?/m1/s1. The van der Waals surface area contributed by atoms with Crippen LogP contribution < -0.4 is 0 Å². The summed E-state index contributed by atoms with van der Waals surface area (Å²) in [7, 11) is 0. The molecule has 0 spiro atoms. The first-order valence-electron chi connectivity index (χ1n) is 6.20. The topological polar surface area (TPSA) is 12.5 Å². The Morgan fingerprint density at radius 3 is 1.80 bits per heavy atom. The largest absolute Gasteiger partial charge is 0.378 e. The van der Waals surface area contributed by atoms with Gasteiger partial charge in [0.2, 0.25) is 0 Å². The summed E-state index contributed by atoms with van der Waals surface area (Å²) < 4.78 is 5.65. The van der Waals surface area contributed by atoms with E-state index < -0.39 is 0 Å². The Morgan fingerprint density at radius 2 is 1.40 bits per heavy atom. The van der Waals surface area contributed by atoms with Crippen molar-refractivity contribution in [3.05, 3.63) is 0 Å². The zero-order valence-electron chi connectivity index (χ0n) is 10.8. The van der Waals surface area contributed by atoms with E-state index in [9.17, 15) is 0 Å². The molecule has 0 N–H and O–H groups in total. The van der Waals surface area contributed by atoms with Gasteiger partial charge in [0.15, 0.2) is 0 Å². The summed E-state index contributed by atoms with van der Waals surface area (Å²) in [6.45, 7) is 13.7. The molecule has 2 saturated heterocycles. The Kier molecular flexibility index (Phi) is 2.63. The van der Waals surface area contributed by atoms with Crippen LogP contribution in [0.5, 0.6) is 0 Å². The molecule has 2 fully saturated rings. The molecule has 15 heavy (non-hydrogen) atoms. The molecule has 0 aromatic carbocycles. The fraction of sp³-hybridized carbons (Fsp3) is 1.00. The van der Waals surface area contributed by atoms with Crippen molar-refractivity contribution in [2.75, 3.05) is 13.2 Å². The van der Waals surface area contributed by atoms with Gasteiger partial charge in [-0.15, -0.1) is 0 Å². The molecular weight excluding hydrogens is 186 g/mol. The number of ether oxygens (including phenoxy) is 1. The van der Waals surface area contributed by atoms with Crippen LogP contribution in [0.2, 0.25) is 0 Å². The van der Waals surface area contributed by atoms with Crippen LogP contribution in [0, 0.1) is 5.41 Å². The number of hydrogen-bond donors (Lipinski definition) is 0. The van der Waals surface area contributed by atoms with Gasteiger partial charge in [0.05, 0.1) is 13.2 Å². The third kappa shape index (κ3) is 1.72. The first-order chi connectivity index (χ1) is 6.84. The van der Waals surface area contributed by atoms with E-state index >= 15 is 0 Å². The van der Waals surface area contributed by atoms with Gasteiger partial charge in [0, 0.05) is 17.6 Å². The molecule has 0 radical (unpaired) electrons. The van der Waals surface area contributed by atoms with E-state index in [-0.39, 0.29) is 5.54 Å². The van der Waals surface area contributed by atoms with Crippen LogP contribution in [-0.4, -0.2) is 35.7 Å². The molecule has 2 aliphatic rings. The number of morpholine rings is 1. The molecule has 2 rings (SSSR count). The lowest BCUT2D eigenvalue weighted by molar-refractivity contribution is -0.0958. The summed E-state index contributed by atoms with van der Waals surface area (Å²) in [5.74, 6) is 0. The Labute approximate surface area is 94.0 Å². The first-order valence-corrected chi connectivity index (χ1v) is 6.20. The fourth-order valence-electron chi connectivity index (χ4n) is 2.93. The quantitative estimate of drug-likeness (QED) is 0.661. The molecule has 2 nitrogen and oxygen atoms in total. The van der Waals surface area contributed by atoms with Gasteiger partial charge >= 0.3 is 0 Å². The highest BCUT2D eigenvalue weighted by atomic mass is 16.5. The Morgan fingerprint density at radius 1 is 0.933 bits per heavy atom. The van der Waals surface area contributed by atoms with Gasteiger partial charge in [-0.1, -0.05) is 20.8 Å². The van der Waals surface area contributed by atoms with E-state index in [1.54, 1.807) is 0 Å². The van der Waals surface area contributed by atoms with Gasteiger partial charge < -0.3 is 4.74 Å². The molecule has 2 atom stereocenters. The molecule has 88 valence electrons. The van der Waals surface area contributed by atoms with Gasteiger partial charge in [-0.05, 0) is 32.1 Å². The van der Waals surface area contributed by atoms with E-state index in [1.807, 2.05) is 0 Å². The van der Waals surface area contributed by atoms with Gasteiger partial charge in [0.1, 0.15) is 0 Å². The van der Waals surface area contributed by atoms with Gasteiger partial charge in [0.25, 0.3) is 0 Å². The molecule has 0 amide bonds. The summed E-state index contributed by atoms with van der Waals surface area (Å²) in [4.78, 5) is 2.73. The second-order valence-electron chi connectivity index (χ2n) is 6.64. The molecule has 2 heteroatoms. The van der Waals surface area contributed by atoms with E-state index in [2.05, 4.69) is 39.5 Å². The van der Waals surface area contributed by atoms with Crippen LogP contribution in [0.15, 0.2) is 0 Å². The molecule has 0 aromatic rings. The fourth-order valence-corrected chi connectivity index (χ4v) is 2.93. The lowest BCUT2D eigenvalue weighted by atomic mass is 9.74. The third-order valence-corrected chi connectivity index (χ3v) is 4.72. The first kappa shape index (κ1) is 11.4. The highest BCUT2D eigenvalue weighted by Gasteiger charge is 2.49. The SMILES string of the molecule is CC(C)(C)C(C)(C)N1C2CC[C@@H]1COC2. The average Bonchev–Trinajstić information content (AvgIpc) is 2.36. The number of hydrogen-bond acceptors (Lipinski definition) is 2. The van der Waals surface area contributed by atoms with Crippen molar-refractivity contribution >= 4 is 0 Å². The second-order valence-corrected chi connectivity index (χ2v) is 6.64. The zero-order valence-corrected chi connectivity index (χ0v) is 10.8. The monoisotopic (exact) mass is 211 g/mol. The van der Waals surface area contributed by atoms with E-state index in [0.717, 1.165) is 13.2 Å². The minimum Gasteiger partial charge on any atom is -0.378 e. The highest BCUT2D eigenvalue weighted by Crippen LogP contribution is 2.43. The molecule has 1 unspecified atom stereocenters. The molecule has 2 bridgehead atoms. The van der Waals surface area contributed by atoms with Gasteiger partial charge in [-0.25, -0.2) is 0 Å². The maximum atomic E-state index is 5.65. The van der Waals surface area contributed by atoms with Crippen molar-refractivity contribution in [3.63, 3.8) is 0 Å². The highest BCUT2D eigenvalue weighted by molar-refractivity contribution is 5.03. The average molecular weight is 211 g/mol. The summed E-state index contributed by atoms with van der Waals surface area (Å²) in [6, 6.07) is 1.33. The smallest absolute Gasteiger partial charge is 0.0622 e. The van der Waals surface area contributed by atoms with Crippen LogP contribution >= 0.6 is 0 Å². The molecule has 0 aromatic heterocycles. The molecule has 2 aliphatic heterocycles. The normalized spacial score (nSPS) is 33.4. The second kappa shape index (κ2) is 3.46. The van der Waals surface area contributed by atoms with Crippen molar-refractivity contribution in [1.29, 1.82) is 0 Å². The van der Waals surface area contributed by atoms with Crippen molar-refractivity contribution in [2.24, 2.45) is 5.41 Å². The predicted octanol–water partition coefficient (Wildman–Crippen LogP) is 2.67. The summed E-state index contributed by atoms with van der Waals surface area (Å²) >= 11 is 0. The Hall–Kier alpha value is -0.0800. The Balaban J connectivity index is 2.23. The molecule has 0 saturated carbocycles. The van der Waals surface area contributed by atoms with E-state index in [4.69, 9.17) is 4.74 Å². The van der Waals surface area contributed by atoms with Gasteiger partial charge in [-0.3, -0.25) is 4.90 Å². The minimum absolute atomic E-state index is 0.266. The molecule has 2 heterocycles.